The van der Waals surface area contributed by atoms with E-state index in [-0.39, 0.29) is 0 Å². The molecule has 0 radical (unpaired) electrons. The van der Waals surface area contributed by atoms with Crippen molar-refractivity contribution in [3.05, 3.63) is 84.2 Å². The molecule has 4 aromatic rings. The molecule has 0 bridgehead atoms. The van der Waals surface area contributed by atoms with Gasteiger partial charge in [-0.1, -0.05) is 72.4 Å². The standard InChI is InChI=1S/C20H17N3S/c1-15-21-22-20(23(15)19-9-3-2-4-10-19)24-14-16-11-12-17-7-5-6-8-18(17)13-16/h2-13H,14H2,1H3. The molecule has 3 nitrogen and oxygen atoms in total. The summed E-state index contributed by atoms with van der Waals surface area (Å²) in [5, 5.41) is 12.1. The average molecular weight is 331 g/mol. The number of hydrogen-bond acceptors (Lipinski definition) is 3. The van der Waals surface area contributed by atoms with Gasteiger partial charge in [0.05, 0.1) is 0 Å². The van der Waals surface area contributed by atoms with Crippen molar-refractivity contribution in [1.82, 2.24) is 14.8 Å². The van der Waals surface area contributed by atoms with Gasteiger partial charge in [-0.05, 0) is 35.4 Å². The Hall–Kier alpha value is -2.59. The van der Waals surface area contributed by atoms with Crippen LogP contribution in [0, 0.1) is 6.92 Å². The van der Waals surface area contributed by atoms with Crippen molar-refractivity contribution in [1.29, 1.82) is 0 Å². The van der Waals surface area contributed by atoms with E-state index in [0.717, 1.165) is 22.4 Å². The van der Waals surface area contributed by atoms with E-state index in [1.165, 1.54) is 16.3 Å². The largest absolute Gasteiger partial charge is 0.274 e. The Morgan fingerprint density at radius 2 is 1.58 bits per heavy atom. The van der Waals surface area contributed by atoms with Crippen molar-refractivity contribution in [2.24, 2.45) is 0 Å². The van der Waals surface area contributed by atoms with Gasteiger partial charge in [-0.15, -0.1) is 10.2 Å². The predicted octanol–water partition coefficient (Wildman–Crippen LogP) is 5.02. The van der Waals surface area contributed by atoms with Crippen molar-refractivity contribution in [2.45, 2.75) is 17.8 Å². The number of fused-ring (bicyclic) bond motifs is 1. The molecular formula is C20H17N3S. The van der Waals surface area contributed by atoms with Gasteiger partial charge in [-0.25, -0.2) is 0 Å². The topological polar surface area (TPSA) is 30.7 Å². The third-order valence-electron chi connectivity index (χ3n) is 3.99. The van der Waals surface area contributed by atoms with Gasteiger partial charge in [-0.2, -0.15) is 0 Å². The molecule has 24 heavy (non-hydrogen) atoms. The van der Waals surface area contributed by atoms with Gasteiger partial charge in [0.1, 0.15) is 5.82 Å². The molecule has 0 N–H and O–H groups in total. The molecule has 4 rings (SSSR count). The van der Waals surface area contributed by atoms with Crippen LogP contribution in [-0.4, -0.2) is 14.8 Å². The Morgan fingerprint density at radius 3 is 2.42 bits per heavy atom. The quantitative estimate of drug-likeness (QED) is 0.492. The van der Waals surface area contributed by atoms with Crippen LogP contribution in [-0.2, 0) is 5.75 Å². The molecule has 0 amide bonds. The zero-order valence-corrected chi connectivity index (χ0v) is 14.2. The maximum absolute atomic E-state index is 4.35. The molecule has 0 aliphatic rings. The number of aromatic nitrogens is 3. The average Bonchev–Trinajstić information content (AvgIpc) is 3.01. The van der Waals surface area contributed by atoms with E-state index in [0.29, 0.717) is 0 Å². The highest BCUT2D eigenvalue weighted by atomic mass is 32.2. The molecule has 0 spiro atoms. The smallest absolute Gasteiger partial charge is 0.196 e. The van der Waals surface area contributed by atoms with E-state index < -0.39 is 0 Å². The Labute approximate surface area is 145 Å². The van der Waals surface area contributed by atoms with Gasteiger partial charge >= 0.3 is 0 Å². The molecule has 1 heterocycles. The van der Waals surface area contributed by atoms with Gasteiger partial charge in [-0.3, -0.25) is 4.57 Å². The van der Waals surface area contributed by atoms with E-state index in [1.54, 1.807) is 11.8 Å². The minimum atomic E-state index is 0.871. The summed E-state index contributed by atoms with van der Waals surface area (Å²) in [7, 11) is 0. The molecule has 0 fully saturated rings. The first kappa shape index (κ1) is 15.0. The number of rotatable bonds is 4. The van der Waals surface area contributed by atoms with Crippen LogP contribution in [0.1, 0.15) is 11.4 Å². The molecule has 1 aromatic heterocycles. The number of benzene rings is 3. The van der Waals surface area contributed by atoms with Crippen molar-refractivity contribution in [3.8, 4) is 5.69 Å². The van der Waals surface area contributed by atoms with Crippen LogP contribution in [0.4, 0.5) is 0 Å². The van der Waals surface area contributed by atoms with E-state index in [2.05, 4.69) is 69.4 Å². The lowest BCUT2D eigenvalue weighted by molar-refractivity contribution is 0.868. The summed E-state index contributed by atoms with van der Waals surface area (Å²) in [6.45, 7) is 1.99. The van der Waals surface area contributed by atoms with Gasteiger partial charge < -0.3 is 0 Å². The molecule has 118 valence electrons. The summed E-state index contributed by atoms with van der Waals surface area (Å²) < 4.78 is 2.10. The fraction of sp³-hybridized carbons (Fsp3) is 0.100. The number of aryl methyl sites for hydroxylation is 1. The van der Waals surface area contributed by atoms with Crippen molar-refractivity contribution < 1.29 is 0 Å². The molecule has 4 heteroatoms. The van der Waals surface area contributed by atoms with Crippen LogP contribution in [0.25, 0.3) is 16.5 Å². The lowest BCUT2D eigenvalue weighted by atomic mass is 10.1. The zero-order valence-electron chi connectivity index (χ0n) is 13.4. The highest BCUT2D eigenvalue weighted by Gasteiger charge is 2.11. The third-order valence-corrected chi connectivity index (χ3v) is 4.99. The van der Waals surface area contributed by atoms with Crippen LogP contribution in [0.5, 0.6) is 0 Å². The van der Waals surface area contributed by atoms with Crippen LogP contribution in [0.2, 0.25) is 0 Å². The lowest BCUT2D eigenvalue weighted by Gasteiger charge is -2.08. The monoisotopic (exact) mass is 331 g/mol. The summed E-state index contributed by atoms with van der Waals surface area (Å²) >= 11 is 1.71. The third kappa shape index (κ3) is 2.93. The highest BCUT2D eigenvalue weighted by Crippen LogP contribution is 2.26. The summed E-state index contributed by atoms with van der Waals surface area (Å²) in [6, 6.07) is 25.3. The number of hydrogen-bond donors (Lipinski definition) is 0. The second kappa shape index (κ2) is 6.49. The minimum Gasteiger partial charge on any atom is -0.274 e. The maximum Gasteiger partial charge on any atom is 0.196 e. The van der Waals surface area contributed by atoms with Crippen molar-refractivity contribution in [3.63, 3.8) is 0 Å². The first-order chi connectivity index (χ1) is 11.8. The fourth-order valence-corrected chi connectivity index (χ4v) is 3.73. The summed E-state index contributed by atoms with van der Waals surface area (Å²) in [6.07, 6.45) is 0. The minimum absolute atomic E-state index is 0.871. The van der Waals surface area contributed by atoms with Gasteiger partial charge in [0, 0.05) is 11.4 Å². The first-order valence-corrected chi connectivity index (χ1v) is 8.88. The van der Waals surface area contributed by atoms with Crippen LogP contribution in [0.3, 0.4) is 0 Å². The van der Waals surface area contributed by atoms with Gasteiger partial charge in [0.2, 0.25) is 0 Å². The zero-order chi connectivity index (χ0) is 16.4. The Bertz CT molecular complexity index is 977. The Morgan fingerprint density at radius 1 is 0.833 bits per heavy atom. The molecule has 0 unspecified atom stereocenters. The fourth-order valence-electron chi connectivity index (χ4n) is 2.79. The van der Waals surface area contributed by atoms with E-state index in [9.17, 15) is 0 Å². The molecule has 0 aliphatic carbocycles. The van der Waals surface area contributed by atoms with E-state index in [4.69, 9.17) is 0 Å². The molecule has 0 saturated heterocycles. The summed E-state index contributed by atoms with van der Waals surface area (Å²) in [5.74, 6) is 1.78. The maximum atomic E-state index is 4.35. The van der Waals surface area contributed by atoms with E-state index >= 15 is 0 Å². The summed E-state index contributed by atoms with van der Waals surface area (Å²) in [5.41, 5.74) is 2.39. The number of nitrogens with zero attached hydrogens (tertiary/aromatic N) is 3. The summed E-state index contributed by atoms with van der Waals surface area (Å²) in [4.78, 5) is 0. The number of thioether (sulfide) groups is 1. The second-order valence-corrected chi connectivity index (χ2v) is 6.61. The second-order valence-electron chi connectivity index (χ2n) is 5.67. The van der Waals surface area contributed by atoms with Gasteiger partial charge in [0.15, 0.2) is 5.16 Å². The van der Waals surface area contributed by atoms with Crippen LogP contribution >= 0.6 is 11.8 Å². The van der Waals surface area contributed by atoms with Crippen LogP contribution in [0.15, 0.2) is 78.0 Å². The van der Waals surface area contributed by atoms with Gasteiger partial charge in [0.25, 0.3) is 0 Å². The molecular weight excluding hydrogens is 314 g/mol. The highest BCUT2D eigenvalue weighted by molar-refractivity contribution is 7.98. The molecule has 0 atom stereocenters. The first-order valence-electron chi connectivity index (χ1n) is 7.89. The van der Waals surface area contributed by atoms with Crippen molar-refractivity contribution in [2.75, 3.05) is 0 Å². The van der Waals surface area contributed by atoms with Crippen molar-refractivity contribution >= 4 is 22.5 Å². The predicted molar refractivity (Wildman–Crippen MR) is 99.6 cm³/mol. The van der Waals surface area contributed by atoms with E-state index in [1.807, 2.05) is 25.1 Å². The lowest BCUT2D eigenvalue weighted by Crippen LogP contribution is -1.98. The molecule has 0 saturated carbocycles. The molecule has 3 aromatic carbocycles. The Kier molecular flexibility index (Phi) is 4.05. The molecule has 0 aliphatic heterocycles. The van der Waals surface area contributed by atoms with Crippen LogP contribution < -0.4 is 0 Å². The Balaban J connectivity index is 1.60. The normalized spacial score (nSPS) is 11.0. The SMILES string of the molecule is Cc1nnc(SCc2ccc3ccccc3c2)n1-c1ccccc1. The number of para-hydroxylation sites is 1.